The van der Waals surface area contributed by atoms with E-state index in [1.54, 1.807) is 4.90 Å². The molecule has 1 aliphatic heterocycles. The Labute approximate surface area is 79.4 Å². The molecule has 0 fully saturated rings. The third kappa shape index (κ3) is 2.47. The van der Waals surface area contributed by atoms with Crippen molar-refractivity contribution in [2.45, 2.75) is 38.6 Å². The first-order chi connectivity index (χ1) is 6.29. The number of nitrogens with zero attached hydrogens (tertiary/aromatic N) is 1. The van der Waals surface area contributed by atoms with E-state index in [0.717, 1.165) is 25.7 Å². The summed E-state index contributed by atoms with van der Waals surface area (Å²) in [6.07, 6.45) is 7.90. The molecule has 0 saturated heterocycles. The monoisotopic (exact) mass is 183 g/mol. The Kier molecular flexibility index (Phi) is 3.80. The molecule has 3 nitrogen and oxygen atoms in total. The topological polar surface area (TPSA) is 29.5 Å². The van der Waals surface area contributed by atoms with Crippen molar-refractivity contribution >= 4 is 6.09 Å². The molecule has 1 amide bonds. The van der Waals surface area contributed by atoms with E-state index in [4.69, 9.17) is 4.74 Å². The van der Waals surface area contributed by atoms with Crippen LogP contribution in [0.3, 0.4) is 0 Å². The summed E-state index contributed by atoms with van der Waals surface area (Å²) in [5.74, 6) is 0. The van der Waals surface area contributed by atoms with Crippen LogP contribution >= 0.6 is 0 Å². The highest BCUT2D eigenvalue weighted by atomic mass is 16.5. The van der Waals surface area contributed by atoms with Crippen molar-refractivity contribution in [1.29, 1.82) is 0 Å². The molecule has 0 bridgehead atoms. The number of carbonyl (C=O) groups excluding carboxylic acids is 1. The van der Waals surface area contributed by atoms with Crippen molar-refractivity contribution in [3.63, 3.8) is 0 Å². The van der Waals surface area contributed by atoms with Gasteiger partial charge in [0.2, 0.25) is 0 Å². The van der Waals surface area contributed by atoms with E-state index < -0.39 is 0 Å². The summed E-state index contributed by atoms with van der Waals surface area (Å²) in [6.45, 7) is 2.13. The molecule has 0 saturated carbocycles. The van der Waals surface area contributed by atoms with Gasteiger partial charge in [0.25, 0.3) is 0 Å². The molecule has 74 valence electrons. The van der Waals surface area contributed by atoms with E-state index in [1.165, 1.54) is 7.11 Å². The van der Waals surface area contributed by atoms with Gasteiger partial charge in [0.05, 0.1) is 7.11 Å². The average molecular weight is 183 g/mol. The molecule has 0 aromatic heterocycles. The van der Waals surface area contributed by atoms with Gasteiger partial charge in [0.1, 0.15) is 0 Å². The highest BCUT2D eigenvalue weighted by Crippen LogP contribution is 2.19. The minimum atomic E-state index is -0.241. The molecular weight excluding hydrogens is 166 g/mol. The largest absolute Gasteiger partial charge is 0.452 e. The Morgan fingerprint density at radius 2 is 2.46 bits per heavy atom. The Morgan fingerprint density at radius 1 is 1.69 bits per heavy atom. The number of carbonyl (C=O) groups is 1. The van der Waals surface area contributed by atoms with Gasteiger partial charge in [-0.1, -0.05) is 19.4 Å². The van der Waals surface area contributed by atoms with Crippen LogP contribution in [0.2, 0.25) is 0 Å². The first kappa shape index (κ1) is 10.1. The molecule has 13 heavy (non-hydrogen) atoms. The van der Waals surface area contributed by atoms with Crippen LogP contribution in [0.5, 0.6) is 0 Å². The van der Waals surface area contributed by atoms with Crippen molar-refractivity contribution in [2.75, 3.05) is 7.11 Å². The van der Waals surface area contributed by atoms with E-state index in [-0.39, 0.29) is 6.09 Å². The Balaban J connectivity index is 2.60. The summed E-state index contributed by atoms with van der Waals surface area (Å²) in [7, 11) is 1.42. The fraction of sp³-hybridized carbons (Fsp3) is 0.700. The molecule has 1 atom stereocenters. The van der Waals surface area contributed by atoms with Gasteiger partial charge in [-0.2, -0.15) is 0 Å². The number of rotatable bonds is 2. The van der Waals surface area contributed by atoms with Gasteiger partial charge in [0, 0.05) is 12.2 Å². The second-order valence-electron chi connectivity index (χ2n) is 3.28. The van der Waals surface area contributed by atoms with Gasteiger partial charge in [-0.05, 0) is 19.3 Å². The van der Waals surface area contributed by atoms with E-state index in [9.17, 15) is 4.79 Å². The zero-order valence-electron chi connectivity index (χ0n) is 8.32. The second kappa shape index (κ2) is 4.90. The quantitative estimate of drug-likeness (QED) is 0.658. The maximum atomic E-state index is 11.3. The molecular formula is C10H17NO2. The smallest absolute Gasteiger partial charge is 0.413 e. The molecule has 1 unspecified atom stereocenters. The highest BCUT2D eigenvalue weighted by Gasteiger charge is 2.23. The molecule has 0 aliphatic carbocycles. The SMILES string of the molecule is CCCC1CCC=CN1C(=O)OC. The average Bonchev–Trinajstić information content (AvgIpc) is 2.18. The minimum Gasteiger partial charge on any atom is -0.452 e. The first-order valence-corrected chi connectivity index (χ1v) is 4.82. The van der Waals surface area contributed by atoms with Crippen molar-refractivity contribution in [1.82, 2.24) is 4.90 Å². The number of allylic oxidation sites excluding steroid dienone is 1. The third-order valence-corrected chi connectivity index (χ3v) is 2.33. The maximum Gasteiger partial charge on any atom is 0.413 e. The van der Waals surface area contributed by atoms with Crippen LogP contribution < -0.4 is 0 Å². The van der Waals surface area contributed by atoms with Crippen LogP contribution in [-0.4, -0.2) is 24.1 Å². The lowest BCUT2D eigenvalue weighted by atomic mass is 10.0. The van der Waals surface area contributed by atoms with Crippen LogP contribution in [0.1, 0.15) is 32.6 Å². The number of hydrogen-bond acceptors (Lipinski definition) is 2. The van der Waals surface area contributed by atoms with Crippen LogP contribution in [0.15, 0.2) is 12.3 Å². The summed E-state index contributed by atoms with van der Waals surface area (Å²) in [6, 6.07) is 0.336. The summed E-state index contributed by atoms with van der Waals surface area (Å²) in [5.41, 5.74) is 0. The predicted octanol–water partition coefficient (Wildman–Crippen LogP) is 2.53. The molecule has 0 aromatic rings. The predicted molar refractivity (Wildman–Crippen MR) is 51.3 cm³/mol. The van der Waals surface area contributed by atoms with Crippen molar-refractivity contribution in [2.24, 2.45) is 0 Å². The zero-order chi connectivity index (χ0) is 9.68. The normalized spacial score (nSPS) is 21.7. The Bertz CT molecular complexity index is 201. The van der Waals surface area contributed by atoms with Crippen molar-refractivity contribution < 1.29 is 9.53 Å². The van der Waals surface area contributed by atoms with E-state index in [0.29, 0.717) is 6.04 Å². The Morgan fingerprint density at radius 3 is 3.08 bits per heavy atom. The van der Waals surface area contributed by atoms with Gasteiger partial charge in [-0.15, -0.1) is 0 Å². The second-order valence-corrected chi connectivity index (χ2v) is 3.28. The summed E-state index contributed by atoms with van der Waals surface area (Å²) in [4.78, 5) is 13.0. The summed E-state index contributed by atoms with van der Waals surface area (Å²) in [5, 5.41) is 0. The van der Waals surface area contributed by atoms with Crippen LogP contribution in [-0.2, 0) is 4.74 Å². The summed E-state index contributed by atoms with van der Waals surface area (Å²) < 4.78 is 4.70. The summed E-state index contributed by atoms with van der Waals surface area (Å²) >= 11 is 0. The van der Waals surface area contributed by atoms with Gasteiger partial charge >= 0.3 is 6.09 Å². The number of hydrogen-bond donors (Lipinski definition) is 0. The first-order valence-electron chi connectivity index (χ1n) is 4.82. The van der Waals surface area contributed by atoms with Crippen LogP contribution in [0, 0.1) is 0 Å². The lowest BCUT2D eigenvalue weighted by Gasteiger charge is -2.29. The molecule has 0 aromatic carbocycles. The van der Waals surface area contributed by atoms with Gasteiger partial charge in [-0.3, -0.25) is 4.90 Å². The minimum absolute atomic E-state index is 0.241. The molecule has 0 N–H and O–H groups in total. The number of ether oxygens (including phenoxy) is 1. The van der Waals surface area contributed by atoms with Gasteiger partial charge < -0.3 is 4.74 Å². The lowest BCUT2D eigenvalue weighted by molar-refractivity contribution is 0.119. The zero-order valence-corrected chi connectivity index (χ0v) is 8.32. The molecule has 0 spiro atoms. The van der Waals surface area contributed by atoms with Crippen LogP contribution in [0.4, 0.5) is 4.79 Å². The fourth-order valence-corrected chi connectivity index (χ4v) is 1.67. The van der Waals surface area contributed by atoms with Crippen molar-refractivity contribution in [3.8, 4) is 0 Å². The molecule has 0 radical (unpaired) electrons. The molecule has 1 aliphatic rings. The van der Waals surface area contributed by atoms with Gasteiger partial charge in [0.15, 0.2) is 0 Å². The maximum absolute atomic E-state index is 11.3. The highest BCUT2D eigenvalue weighted by molar-refractivity contribution is 5.69. The standard InChI is InChI=1S/C10H17NO2/c1-3-6-9-7-4-5-8-11(9)10(12)13-2/h5,8-9H,3-4,6-7H2,1-2H3. The van der Waals surface area contributed by atoms with E-state index in [2.05, 4.69) is 6.92 Å². The van der Waals surface area contributed by atoms with E-state index in [1.807, 2.05) is 12.3 Å². The van der Waals surface area contributed by atoms with Crippen molar-refractivity contribution in [3.05, 3.63) is 12.3 Å². The Hall–Kier alpha value is -0.990. The molecule has 3 heteroatoms. The lowest BCUT2D eigenvalue weighted by Crippen LogP contribution is -2.37. The molecule has 1 rings (SSSR count). The van der Waals surface area contributed by atoms with Gasteiger partial charge in [-0.25, -0.2) is 4.79 Å². The van der Waals surface area contributed by atoms with Crippen LogP contribution in [0.25, 0.3) is 0 Å². The fourth-order valence-electron chi connectivity index (χ4n) is 1.67. The third-order valence-electron chi connectivity index (χ3n) is 2.33. The van der Waals surface area contributed by atoms with E-state index >= 15 is 0 Å². The number of amides is 1. The number of methoxy groups -OCH3 is 1. The molecule has 1 heterocycles.